The van der Waals surface area contributed by atoms with E-state index in [-0.39, 0.29) is 6.04 Å². The fourth-order valence-electron chi connectivity index (χ4n) is 2.69. The van der Waals surface area contributed by atoms with Gasteiger partial charge in [0, 0.05) is 17.1 Å². The van der Waals surface area contributed by atoms with E-state index >= 15 is 0 Å². The van der Waals surface area contributed by atoms with E-state index in [1.807, 2.05) is 48.9 Å². The predicted molar refractivity (Wildman–Crippen MR) is 104 cm³/mol. The van der Waals surface area contributed by atoms with Crippen LogP contribution in [0.2, 0.25) is 10.0 Å². The molecule has 0 aliphatic rings. The van der Waals surface area contributed by atoms with Crippen LogP contribution in [0.1, 0.15) is 24.4 Å². The van der Waals surface area contributed by atoms with Crippen molar-refractivity contribution < 1.29 is 0 Å². The lowest BCUT2D eigenvalue weighted by molar-refractivity contribution is 0.704. The summed E-state index contributed by atoms with van der Waals surface area (Å²) in [5, 5.41) is 4.34. The number of imidazole rings is 1. The van der Waals surface area contributed by atoms with Gasteiger partial charge in [-0.05, 0) is 36.8 Å². The summed E-state index contributed by atoms with van der Waals surface area (Å²) < 4.78 is 2.02. The Labute approximate surface area is 156 Å². The minimum atomic E-state index is -0.0889. The number of hydrogen-bond acceptors (Lipinski definition) is 2. The van der Waals surface area contributed by atoms with Crippen molar-refractivity contribution in [1.29, 1.82) is 0 Å². The zero-order valence-corrected chi connectivity index (χ0v) is 15.5. The van der Waals surface area contributed by atoms with Gasteiger partial charge in [-0.25, -0.2) is 9.98 Å². The van der Waals surface area contributed by atoms with Crippen LogP contribution in [0.4, 0.5) is 0 Å². The van der Waals surface area contributed by atoms with Gasteiger partial charge in [-0.1, -0.05) is 41.4 Å². The van der Waals surface area contributed by atoms with Crippen molar-refractivity contribution in [3.63, 3.8) is 0 Å². The van der Waals surface area contributed by atoms with E-state index in [0.29, 0.717) is 22.5 Å². The molecule has 0 spiro atoms. The van der Waals surface area contributed by atoms with Gasteiger partial charge < -0.3 is 15.6 Å². The average molecular weight is 376 g/mol. The van der Waals surface area contributed by atoms with Gasteiger partial charge in [0.25, 0.3) is 0 Å². The van der Waals surface area contributed by atoms with Crippen molar-refractivity contribution >= 4 is 40.2 Å². The number of nitrogens with two attached hydrogens (primary N) is 1. The highest BCUT2D eigenvalue weighted by molar-refractivity contribution is 6.35. The highest BCUT2D eigenvalue weighted by Crippen LogP contribution is 2.26. The molecule has 1 unspecified atom stereocenters. The zero-order valence-electron chi connectivity index (χ0n) is 14.0. The van der Waals surface area contributed by atoms with Crippen LogP contribution in [0.5, 0.6) is 0 Å². The third-order valence-corrected chi connectivity index (χ3v) is 4.63. The molecule has 5 nitrogen and oxygen atoms in total. The highest BCUT2D eigenvalue weighted by atomic mass is 35.5. The Kier molecular flexibility index (Phi) is 5.16. The van der Waals surface area contributed by atoms with E-state index in [1.165, 1.54) is 0 Å². The molecular weight excluding hydrogens is 357 g/mol. The van der Waals surface area contributed by atoms with Crippen LogP contribution in [-0.4, -0.2) is 15.5 Å². The Morgan fingerprint density at radius 1 is 1.28 bits per heavy atom. The Morgan fingerprint density at radius 2 is 2.04 bits per heavy atom. The minimum absolute atomic E-state index is 0.0889. The van der Waals surface area contributed by atoms with Crippen molar-refractivity contribution in [2.45, 2.75) is 19.5 Å². The molecule has 7 heteroatoms. The molecule has 1 aromatic heterocycles. The number of hydrogen-bond donors (Lipinski definition) is 2. The number of nitrogens with one attached hydrogen (secondary N) is 1. The van der Waals surface area contributed by atoms with E-state index in [2.05, 4.69) is 15.3 Å². The maximum Gasteiger partial charge on any atom is 0.189 e. The molecule has 3 rings (SSSR count). The van der Waals surface area contributed by atoms with Gasteiger partial charge in [-0.3, -0.25) is 0 Å². The lowest BCUT2D eigenvalue weighted by Gasteiger charge is -2.16. The van der Waals surface area contributed by atoms with Crippen molar-refractivity contribution in [2.24, 2.45) is 17.8 Å². The molecule has 3 N–H and O–H groups in total. The van der Waals surface area contributed by atoms with E-state index in [0.717, 1.165) is 22.4 Å². The molecule has 0 amide bonds. The number of fused-ring (bicyclic) bond motifs is 1. The molecule has 0 saturated carbocycles. The standard InChI is InChI=1S/C18H19Cl2N5/c1-11(13-8-7-12(19)9-14(13)20)23-18(21)22-10-17-24-15-5-3-4-6-16(15)25(17)2/h3-9,11H,10H2,1-2H3,(H3,21,22,23). The molecule has 0 saturated heterocycles. The van der Waals surface area contributed by atoms with E-state index in [9.17, 15) is 0 Å². The summed E-state index contributed by atoms with van der Waals surface area (Å²) in [6.45, 7) is 2.36. The van der Waals surface area contributed by atoms with Crippen molar-refractivity contribution in [1.82, 2.24) is 14.9 Å². The van der Waals surface area contributed by atoms with Gasteiger partial charge in [-0.15, -0.1) is 0 Å². The number of halogens is 2. The van der Waals surface area contributed by atoms with E-state index in [4.69, 9.17) is 28.9 Å². The summed E-state index contributed by atoms with van der Waals surface area (Å²) in [5.41, 5.74) is 8.94. The number of aliphatic imine (C=N–C) groups is 1. The summed E-state index contributed by atoms with van der Waals surface area (Å²) in [4.78, 5) is 8.98. The van der Waals surface area contributed by atoms with Crippen LogP contribution >= 0.6 is 23.2 Å². The topological polar surface area (TPSA) is 68.2 Å². The largest absolute Gasteiger partial charge is 0.370 e. The predicted octanol–water partition coefficient (Wildman–Crippen LogP) is 4.05. The summed E-state index contributed by atoms with van der Waals surface area (Å²) in [5.74, 6) is 1.19. The van der Waals surface area contributed by atoms with E-state index < -0.39 is 0 Å². The third kappa shape index (κ3) is 3.89. The number of aromatic nitrogens is 2. The summed E-state index contributed by atoms with van der Waals surface area (Å²) in [7, 11) is 1.97. The maximum absolute atomic E-state index is 6.23. The number of para-hydroxylation sites is 2. The molecule has 3 aromatic rings. The van der Waals surface area contributed by atoms with Gasteiger partial charge in [0.1, 0.15) is 12.4 Å². The molecule has 0 radical (unpaired) electrons. The van der Waals surface area contributed by atoms with Gasteiger partial charge in [-0.2, -0.15) is 0 Å². The monoisotopic (exact) mass is 375 g/mol. The Hall–Kier alpha value is -2.24. The van der Waals surface area contributed by atoms with Gasteiger partial charge in [0.2, 0.25) is 0 Å². The Balaban J connectivity index is 1.71. The second-order valence-corrected chi connectivity index (χ2v) is 6.65. The van der Waals surface area contributed by atoms with E-state index in [1.54, 1.807) is 12.1 Å². The quantitative estimate of drug-likeness (QED) is 0.533. The molecule has 25 heavy (non-hydrogen) atoms. The number of rotatable bonds is 4. The number of guanidine groups is 1. The number of aryl methyl sites for hydroxylation is 1. The molecule has 1 heterocycles. The second-order valence-electron chi connectivity index (χ2n) is 5.81. The first-order chi connectivity index (χ1) is 12.0. The lowest BCUT2D eigenvalue weighted by Crippen LogP contribution is -2.34. The van der Waals surface area contributed by atoms with Crippen molar-refractivity contribution in [3.05, 3.63) is 63.9 Å². The molecule has 0 bridgehead atoms. The molecule has 0 fully saturated rings. The molecule has 2 aromatic carbocycles. The van der Waals surface area contributed by atoms with Crippen LogP contribution in [0.3, 0.4) is 0 Å². The van der Waals surface area contributed by atoms with Crippen molar-refractivity contribution in [2.75, 3.05) is 0 Å². The SMILES string of the molecule is CC(NC(N)=NCc1nc2ccccc2n1C)c1ccc(Cl)cc1Cl. The smallest absolute Gasteiger partial charge is 0.189 e. The fourth-order valence-corrected chi connectivity index (χ4v) is 3.26. The molecular formula is C18H19Cl2N5. The first-order valence-corrected chi connectivity index (χ1v) is 8.63. The Bertz CT molecular complexity index is 932. The van der Waals surface area contributed by atoms with Crippen LogP contribution in [0.15, 0.2) is 47.5 Å². The number of nitrogens with zero attached hydrogens (tertiary/aromatic N) is 3. The molecule has 130 valence electrons. The van der Waals surface area contributed by atoms with Crippen LogP contribution in [-0.2, 0) is 13.6 Å². The second kappa shape index (κ2) is 7.33. The minimum Gasteiger partial charge on any atom is -0.370 e. The summed E-state index contributed by atoms with van der Waals surface area (Å²) in [6.07, 6.45) is 0. The zero-order chi connectivity index (χ0) is 18.0. The van der Waals surface area contributed by atoms with Crippen molar-refractivity contribution in [3.8, 4) is 0 Å². The third-order valence-electron chi connectivity index (χ3n) is 4.06. The molecule has 0 aliphatic carbocycles. The van der Waals surface area contributed by atoms with Gasteiger partial charge in [0.15, 0.2) is 5.96 Å². The van der Waals surface area contributed by atoms with Crippen LogP contribution in [0.25, 0.3) is 11.0 Å². The summed E-state index contributed by atoms with van der Waals surface area (Å²) in [6, 6.07) is 13.3. The Morgan fingerprint density at radius 3 is 2.76 bits per heavy atom. The maximum atomic E-state index is 6.23. The normalized spacial score (nSPS) is 13.2. The fraction of sp³-hybridized carbons (Fsp3) is 0.222. The van der Waals surface area contributed by atoms with Gasteiger partial charge in [0.05, 0.1) is 17.1 Å². The molecule has 1 atom stereocenters. The highest BCUT2D eigenvalue weighted by Gasteiger charge is 2.11. The summed E-state index contributed by atoms with van der Waals surface area (Å²) >= 11 is 12.2. The van der Waals surface area contributed by atoms with Crippen LogP contribution < -0.4 is 11.1 Å². The first-order valence-electron chi connectivity index (χ1n) is 7.87. The average Bonchev–Trinajstić information content (AvgIpc) is 2.89. The lowest BCUT2D eigenvalue weighted by atomic mass is 10.1. The molecule has 0 aliphatic heterocycles. The first kappa shape index (κ1) is 17.6. The number of benzene rings is 2. The van der Waals surface area contributed by atoms with Gasteiger partial charge >= 0.3 is 0 Å². The van der Waals surface area contributed by atoms with Crippen LogP contribution in [0, 0.1) is 0 Å².